The maximum absolute atomic E-state index is 10.6. The first-order chi connectivity index (χ1) is 16.8. The van der Waals surface area contributed by atoms with Crippen LogP contribution in [0.25, 0.3) is 0 Å². The number of aliphatic hydroxyl groups excluding tert-OH is 1. The van der Waals surface area contributed by atoms with Crippen LogP contribution in [0.2, 0.25) is 0 Å². The Morgan fingerprint density at radius 1 is 0.735 bits per heavy atom. The van der Waals surface area contributed by atoms with Gasteiger partial charge in [0.25, 0.3) is 0 Å². The Bertz CT molecular complexity index is 774. The number of para-hydroxylation sites is 2. The van der Waals surface area contributed by atoms with E-state index in [1.54, 1.807) is 0 Å². The van der Waals surface area contributed by atoms with Crippen molar-refractivity contribution >= 4 is 6.29 Å². The van der Waals surface area contributed by atoms with Gasteiger partial charge in [-0.25, -0.2) is 0 Å². The second kappa shape index (κ2) is 15.5. The Morgan fingerprint density at radius 3 is 1.59 bits per heavy atom. The molecule has 1 N–H and O–H groups in total. The largest absolute Gasteiger partial charge is 0.492 e. The van der Waals surface area contributed by atoms with E-state index < -0.39 is 0 Å². The Balaban J connectivity index is 0.000000191. The minimum atomic E-state index is 0.279. The molecule has 34 heavy (non-hydrogen) atoms. The highest BCUT2D eigenvalue weighted by Crippen LogP contribution is 2.17. The number of benzene rings is 2. The van der Waals surface area contributed by atoms with Gasteiger partial charge in [0.2, 0.25) is 0 Å². The fraction of sp³-hybridized carbons (Fsp3) is 0.536. The Kier molecular flexibility index (Phi) is 11.9. The molecular formula is C28H40N2O4. The first-order valence-corrected chi connectivity index (χ1v) is 12.6. The second-order valence-corrected chi connectivity index (χ2v) is 9.11. The van der Waals surface area contributed by atoms with Gasteiger partial charge in [0, 0.05) is 25.6 Å². The van der Waals surface area contributed by atoms with E-state index in [1.807, 2.05) is 60.7 Å². The van der Waals surface area contributed by atoms with Gasteiger partial charge in [-0.15, -0.1) is 0 Å². The van der Waals surface area contributed by atoms with Crippen LogP contribution < -0.4 is 9.47 Å². The molecule has 2 aromatic carbocycles. The Hall–Kier alpha value is -2.41. The van der Waals surface area contributed by atoms with Crippen molar-refractivity contribution in [1.82, 2.24) is 9.80 Å². The van der Waals surface area contributed by atoms with E-state index in [-0.39, 0.29) is 5.92 Å². The number of nitrogens with zero attached hydrogens (tertiary/aromatic N) is 2. The average Bonchev–Trinajstić information content (AvgIpc) is 2.91. The van der Waals surface area contributed by atoms with Crippen LogP contribution >= 0.6 is 0 Å². The van der Waals surface area contributed by atoms with Crippen molar-refractivity contribution in [3.63, 3.8) is 0 Å². The van der Waals surface area contributed by atoms with Crippen LogP contribution in [0.1, 0.15) is 25.7 Å². The summed E-state index contributed by atoms with van der Waals surface area (Å²) in [7, 11) is 0. The van der Waals surface area contributed by atoms with Crippen molar-refractivity contribution in [2.75, 3.05) is 59.1 Å². The SMILES string of the molecule is O=CC1CCN(CCOc2ccccc2)CC1.OCC1CCN(CCOc2ccccc2)CC1. The quantitative estimate of drug-likeness (QED) is 0.536. The van der Waals surface area contributed by atoms with E-state index in [0.29, 0.717) is 12.5 Å². The molecule has 0 spiro atoms. The predicted octanol–water partition coefficient (Wildman–Crippen LogP) is 3.75. The highest BCUT2D eigenvalue weighted by Gasteiger charge is 2.18. The van der Waals surface area contributed by atoms with Crippen molar-refractivity contribution in [2.45, 2.75) is 25.7 Å². The monoisotopic (exact) mass is 468 g/mol. The van der Waals surface area contributed by atoms with Crippen LogP contribution in [0.15, 0.2) is 60.7 Å². The lowest BCUT2D eigenvalue weighted by Gasteiger charge is -2.30. The molecule has 2 aliphatic heterocycles. The molecule has 4 rings (SSSR count). The smallest absolute Gasteiger partial charge is 0.123 e. The number of likely N-dealkylation sites (tertiary alicyclic amines) is 2. The summed E-state index contributed by atoms with van der Waals surface area (Å²) in [5.74, 6) is 2.66. The lowest BCUT2D eigenvalue weighted by Crippen LogP contribution is -2.37. The van der Waals surface area contributed by atoms with Gasteiger partial charge in [0.05, 0.1) is 0 Å². The highest BCUT2D eigenvalue weighted by atomic mass is 16.5. The molecule has 0 atom stereocenters. The third-order valence-corrected chi connectivity index (χ3v) is 6.63. The van der Waals surface area contributed by atoms with Crippen LogP contribution in [0.5, 0.6) is 11.5 Å². The highest BCUT2D eigenvalue weighted by molar-refractivity contribution is 5.53. The van der Waals surface area contributed by atoms with Crippen LogP contribution in [0, 0.1) is 11.8 Å². The summed E-state index contributed by atoms with van der Waals surface area (Å²) in [6, 6.07) is 19.8. The van der Waals surface area contributed by atoms with Gasteiger partial charge in [-0.2, -0.15) is 0 Å². The van der Waals surface area contributed by atoms with Crippen molar-refractivity contribution in [3.8, 4) is 11.5 Å². The van der Waals surface area contributed by atoms with E-state index in [9.17, 15) is 4.79 Å². The lowest BCUT2D eigenvalue weighted by molar-refractivity contribution is -0.112. The molecule has 2 aromatic rings. The number of piperidine rings is 2. The maximum atomic E-state index is 10.6. The normalized spacial score (nSPS) is 18.0. The number of carbonyl (C=O) groups excluding carboxylic acids is 1. The molecule has 6 nitrogen and oxygen atoms in total. The average molecular weight is 469 g/mol. The Labute approximate surface area is 204 Å². The van der Waals surface area contributed by atoms with E-state index in [2.05, 4.69) is 9.80 Å². The van der Waals surface area contributed by atoms with Crippen molar-refractivity contribution in [3.05, 3.63) is 60.7 Å². The van der Waals surface area contributed by atoms with Crippen molar-refractivity contribution in [2.24, 2.45) is 11.8 Å². The van der Waals surface area contributed by atoms with Gasteiger partial charge >= 0.3 is 0 Å². The molecule has 2 fully saturated rings. The van der Waals surface area contributed by atoms with Crippen LogP contribution in [0.3, 0.4) is 0 Å². The molecule has 0 saturated carbocycles. The molecule has 0 radical (unpaired) electrons. The summed E-state index contributed by atoms with van der Waals surface area (Å²) in [5, 5.41) is 9.06. The minimum absolute atomic E-state index is 0.279. The van der Waals surface area contributed by atoms with Gasteiger partial charge in [-0.3, -0.25) is 9.80 Å². The third kappa shape index (κ3) is 9.84. The van der Waals surface area contributed by atoms with Crippen molar-refractivity contribution in [1.29, 1.82) is 0 Å². The third-order valence-electron chi connectivity index (χ3n) is 6.63. The van der Waals surface area contributed by atoms with E-state index >= 15 is 0 Å². The summed E-state index contributed by atoms with van der Waals surface area (Å²) in [5.41, 5.74) is 0. The molecule has 186 valence electrons. The molecule has 2 aliphatic rings. The molecule has 0 aliphatic carbocycles. The second-order valence-electron chi connectivity index (χ2n) is 9.11. The molecule has 0 unspecified atom stereocenters. The fourth-order valence-corrected chi connectivity index (χ4v) is 4.32. The zero-order valence-corrected chi connectivity index (χ0v) is 20.3. The van der Waals surface area contributed by atoms with Crippen LogP contribution in [-0.2, 0) is 4.79 Å². The molecule has 0 bridgehead atoms. The number of aldehydes is 1. The van der Waals surface area contributed by atoms with Gasteiger partial charge in [0.1, 0.15) is 31.0 Å². The topological polar surface area (TPSA) is 62.2 Å². The number of hydrogen-bond acceptors (Lipinski definition) is 6. The molecule has 2 heterocycles. The fourth-order valence-electron chi connectivity index (χ4n) is 4.32. The van der Waals surface area contributed by atoms with Gasteiger partial charge in [-0.05, 0) is 82.0 Å². The molecule has 0 amide bonds. The van der Waals surface area contributed by atoms with E-state index in [0.717, 1.165) is 96.0 Å². The number of aliphatic hydroxyl groups is 1. The van der Waals surface area contributed by atoms with Gasteiger partial charge in [-0.1, -0.05) is 36.4 Å². The number of rotatable bonds is 10. The first-order valence-electron chi connectivity index (χ1n) is 12.6. The summed E-state index contributed by atoms with van der Waals surface area (Å²) in [6.07, 6.45) is 5.31. The Morgan fingerprint density at radius 2 is 1.18 bits per heavy atom. The van der Waals surface area contributed by atoms with E-state index in [4.69, 9.17) is 14.6 Å². The minimum Gasteiger partial charge on any atom is -0.492 e. The van der Waals surface area contributed by atoms with Crippen molar-refractivity contribution < 1.29 is 19.4 Å². The van der Waals surface area contributed by atoms with Gasteiger partial charge in [0.15, 0.2) is 0 Å². The number of carbonyl (C=O) groups is 1. The number of hydrogen-bond donors (Lipinski definition) is 1. The number of ether oxygens (including phenoxy) is 2. The molecule has 2 saturated heterocycles. The maximum Gasteiger partial charge on any atom is 0.123 e. The lowest BCUT2D eigenvalue weighted by atomic mass is 9.98. The standard InChI is InChI=1S/C14H21NO2.C14H19NO2/c2*16-12-13-6-8-15(9-7-13)10-11-17-14-4-2-1-3-5-14/h1-5,13,16H,6-12H2;1-5,12-13H,6-11H2. The zero-order valence-electron chi connectivity index (χ0n) is 20.3. The van der Waals surface area contributed by atoms with Crippen LogP contribution in [0.4, 0.5) is 0 Å². The predicted molar refractivity (Wildman–Crippen MR) is 135 cm³/mol. The first kappa shape index (κ1) is 26.2. The molecular weight excluding hydrogens is 428 g/mol. The molecule has 6 heteroatoms. The molecule has 0 aromatic heterocycles. The summed E-state index contributed by atoms with van der Waals surface area (Å²) >= 11 is 0. The summed E-state index contributed by atoms with van der Waals surface area (Å²) in [6.45, 7) is 7.93. The summed E-state index contributed by atoms with van der Waals surface area (Å²) < 4.78 is 11.3. The van der Waals surface area contributed by atoms with E-state index in [1.165, 1.54) is 0 Å². The van der Waals surface area contributed by atoms with Gasteiger partial charge < -0.3 is 19.4 Å². The summed E-state index contributed by atoms with van der Waals surface area (Å²) in [4.78, 5) is 15.4. The van der Waals surface area contributed by atoms with Crippen LogP contribution in [-0.4, -0.2) is 80.3 Å². The zero-order chi connectivity index (χ0) is 23.8.